The Balaban J connectivity index is -0.000000280. The summed E-state index contributed by atoms with van der Waals surface area (Å²) in [5.74, 6) is -1.64. The first kappa shape index (κ1) is 48.9. The number of hydrogen-bond acceptors (Lipinski definition) is 9. The molecule has 2 atom stereocenters. The lowest BCUT2D eigenvalue weighted by atomic mass is 10.0. The van der Waals surface area contributed by atoms with Gasteiger partial charge in [-0.25, -0.2) is 0 Å². The molecule has 0 amide bonds. The second-order valence-corrected chi connectivity index (χ2v) is 10.9. The summed E-state index contributed by atoms with van der Waals surface area (Å²) in [7, 11) is 0. The minimum Gasteiger partial charge on any atom is -0.481 e. The molecular weight excluding hydrogens is 572 g/mol. The quantitative estimate of drug-likeness (QED) is 0.0392. The summed E-state index contributed by atoms with van der Waals surface area (Å²) in [4.78, 5) is 24.2. The Labute approximate surface area is 266 Å². The SMILES string of the molecule is CC(O)CCO.CCCCCCCCCCCCCCCCCC(=O)O.NC(N)=NCCC[C@H](N)C(=O)O.OCC(O)CO. The van der Waals surface area contributed by atoms with Crippen LogP contribution in [0.3, 0.4) is 0 Å². The number of carboxylic acid groups (broad SMARTS) is 2. The molecule has 0 spiro atoms. The van der Waals surface area contributed by atoms with Crippen molar-refractivity contribution in [2.45, 2.75) is 154 Å². The standard InChI is InChI=1S/C18H36O2.C6H14N4O2.C4H10O2.C3H8O3/c1-2-3-4-5-6-7-8-9-10-11-12-13-14-15-16-17-18(19)20;7-4(5(11)12)2-1-3-10-6(8)9;1-4(6)2-3-5;4-1-3(6)2-5/h2-17H2,1H3,(H,19,20);4H,1-3,7H2,(H,11,12)(H4,8,9,10);4-6H,2-3H2,1H3;3-6H,1-2H2/t;4-;;/m.0../s1. The maximum absolute atomic E-state index is 10.3. The maximum Gasteiger partial charge on any atom is 0.320 e. The number of aliphatic imine (C=N–C) groups is 1. The smallest absolute Gasteiger partial charge is 0.320 e. The van der Waals surface area contributed by atoms with Gasteiger partial charge in [-0.1, -0.05) is 96.8 Å². The van der Waals surface area contributed by atoms with Gasteiger partial charge >= 0.3 is 11.9 Å². The van der Waals surface area contributed by atoms with Crippen LogP contribution >= 0.6 is 0 Å². The summed E-state index contributed by atoms with van der Waals surface area (Å²) in [5, 5.41) is 57.4. The van der Waals surface area contributed by atoms with Crippen LogP contribution in [0, 0.1) is 0 Å². The van der Waals surface area contributed by atoms with Gasteiger partial charge in [0.15, 0.2) is 5.96 Å². The van der Waals surface area contributed by atoms with Crippen LogP contribution in [-0.2, 0) is 9.59 Å². The second kappa shape index (κ2) is 41.0. The van der Waals surface area contributed by atoms with E-state index in [-0.39, 0.29) is 31.9 Å². The minimum absolute atomic E-state index is 0.0129. The van der Waals surface area contributed by atoms with Crippen molar-refractivity contribution < 1.29 is 45.3 Å². The number of unbranched alkanes of at least 4 members (excludes halogenated alkanes) is 14. The van der Waals surface area contributed by atoms with Gasteiger partial charge in [0.2, 0.25) is 0 Å². The number of carbonyl (C=O) groups is 2. The number of aliphatic hydroxyl groups excluding tert-OH is 5. The second-order valence-electron chi connectivity index (χ2n) is 10.9. The van der Waals surface area contributed by atoms with Crippen LogP contribution in [0.2, 0.25) is 0 Å². The van der Waals surface area contributed by atoms with E-state index in [0.29, 0.717) is 32.2 Å². The monoisotopic (exact) mass is 640 g/mol. The first-order valence-corrected chi connectivity index (χ1v) is 16.3. The van der Waals surface area contributed by atoms with E-state index in [1.807, 2.05) is 0 Å². The Morgan fingerprint density at radius 3 is 1.34 bits per heavy atom. The van der Waals surface area contributed by atoms with Crippen molar-refractivity contribution in [3.8, 4) is 0 Å². The molecule has 0 saturated heterocycles. The fourth-order valence-electron chi connectivity index (χ4n) is 3.53. The Bertz CT molecular complexity index is 619. The number of aliphatic hydroxyl groups is 5. The topological polar surface area (TPSA) is 266 Å². The molecule has 0 aliphatic rings. The van der Waals surface area contributed by atoms with Crippen molar-refractivity contribution in [1.82, 2.24) is 0 Å². The van der Waals surface area contributed by atoms with Gasteiger partial charge in [0, 0.05) is 19.6 Å². The summed E-state index contributed by atoms with van der Waals surface area (Å²) in [6.45, 7) is 3.69. The molecule has 266 valence electrons. The Hall–Kier alpha value is -2.03. The summed E-state index contributed by atoms with van der Waals surface area (Å²) in [6.07, 6.45) is 20.3. The number of carboxylic acids is 2. The zero-order chi connectivity index (χ0) is 34.4. The van der Waals surface area contributed by atoms with Gasteiger partial charge in [0.25, 0.3) is 0 Å². The third-order valence-corrected chi connectivity index (χ3v) is 6.25. The summed E-state index contributed by atoms with van der Waals surface area (Å²) >= 11 is 0. The van der Waals surface area contributed by atoms with Crippen LogP contribution in [0.15, 0.2) is 4.99 Å². The van der Waals surface area contributed by atoms with E-state index in [1.165, 1.54) is 83.5 Å². The van der Waals surface area contributed by atoms with Gasteiger partial charge in [-0.05, 0) is 32.6 Å². The lowest BCUT2D eigenvalue weighted by molar-refractivity contribution is -0.139. The number of nitrogens with zero attached hydrogens (tertiary/aromatic N) is 1. The van der Waals surface area contributed by atoms with E-state index < -0.39 is 24.1 Å². The van der Waals surface area contributed by atoms with E-state index >= 15 is 0 Å². The molecule has 1 unspecified atom stereocenters. The average Bonchev–Trinajstić information content (AvgIpc) is 2.97. The van der Waals surface area contributed by atoms with E-state index in [2.05, 4.69) is 11.9 Å². The molecule has 13 heteroatoms. The fraction of sp³-hybridized carbons (Fsp3) is 0.903. The number of hydrogen-bond donors (Lipinski definition) is 10. The van der Waals surface area contributed by atoms with E-state index in [0.717, 1.165) is 12.8 Å². The zero-order valence-corrected chi connectivity index (χ0v) is 27.6. The number of aliphatic carboxylic acids is 2. The highest BCUT2D eigenvalue weighted by Crippen LogP contribution is 2.13. The molecule has 13 N–H and O–H groups in total. The Kier molecular flexibility index (Phi) is 45.5. The number of guanidine groups is 1. The molecule has 0 radical (unpaired) electrons. The largest absolute Gasteiger partial charge is 0.481 e. The predicted octanol–water partition coefficient (Wildman–Crippen LogP) is 2.87. The first-order valence-electron chi connectivity index (χ1n) is 16.3. The summed E-state index contributed by atoms with van der Waals surface area (Å²) in [6, 6.07) is -0.820. The van der Waals surface area contributed by atoms with E-state index in [1.54, 1.807) is 6.92 Å². The molecule has 0 aromatic rings. The van der Waals surface area contributed by atoms with Gasteiger partial charge < -0.3 is 52.9 Å². The van der Waals surface area contributed by atoms with Gasteiger partial charge in [-0.3, -0.25) is 14.6 Å². The van der Waals surface area contributed by atoms with Crippen molar-refractivity contribution in [1.29, 1.82) is 0 Å². The zero-order valence-electron chi connectivity index (χ0n) is 27.6. The molecule has 0 fully saturated rings. The molecule has 0 aliphatic heterocycles. The molecule has 0 aromatic carbocycles. The van der Waals surface area contributed by atoms with Crippen LogP contribution < -0.4 is 17.2 Å². The molecule has 0 aromatic heterocycles. The predicted molar refractivity (Wildman–Crippen MR) is 176 cm³/mol. The van der Waals surface area contributed by atoms with Gasteiger partial charge in [-0.15, -0.1) is 0 Å². The highest BCUT2D eigenvalue weighted by molar-refractivity contribution is 5.75. The summed E-state index contributed by atoms with van der Waals surface area (Å²) in [5.41, 5.74) is 15.3. The Morgan fingerprint density at radius 2 is 1.09 bits per heavy atom. The highest BCUT2D eigenvalue weighted by atomic mass is 16.4. The van der Waals surface area contributed by atoms with Crippen molar-refractivity contribution in [3.63, 3.8) is 0 Å². The lowest BCUT2D eigenvalue weighted by Gasteiger charge is -2.03. The average molecular weight is 641 g/mol. The Morgan fingerprint density at radius 1 is 0.682 bits per heavy atom. The molecule has 44 heavy (non-hydrogen) atoms. The summed E-state index contributed by atoms with van der Waals surface area (Å²) < 4.78 is 0. The van der Waals surface area contributed by atoms with E-state index in [9.17, 15) is 9.59 Å². The maximum atomic E-state index is 10.3. The van der Waals surface area contributed by atoms with Crippen LogP contribution in [0.25, 0.3) is 0 Å². The van der Waals surface area contributed by atoms with Crippen molar-refractivity contribution in [2.24, 2.45) is 22.2 Å². The van der Waals surface area contributed by atoms with Crippen molar-refractivity contribution >= 4 is 17.9 Å². The first-order chi connectivity index (χ1) is 20.9. The van der Waals surface area contributed by atoms with Crippen LogP contribution in [0.4, 0.5) is 0 Å². The van der Waals surface area contributed by atoms with Crippen LogP contribution in [-0.4, -0.2) is 98.3 Å². The fourth-order valence-corrected chi connectivity index (χ4v) is 3.53. The van der Waals surface area contributed by atoms with E-state index in [4.69, 9.17) is 52.9 Å². The van der Waals surface area contributed by atoms with Crippen LogP contribution in [0.5, 0.6) is 0 Å². The third-order valence-electron chi connectivity index (χ3n) is 6.25. The van der Waals surface area contributed by atoms with Crippen molar-refractivity contribution in [2.75, 3.05) is 26.4 Å². The molecular formula is C31H68N4O9. The third kappa shape index (κ3) is 55.8. The highest BCUT2D eigenvalue weighted by Gasteiger charge is 2.09. The molecule has 0 rings (SSSR count). The number of rotatable bonds is 25. The normalized spacial score (nSPS) is 11.6. The van der Waals surface area contributed by atoms with Gasteiger partial charge in [-0.2, -0.15) is 0 Å². The molecule has 0 bridgehead atoms. The molecule has 0 aliphatic carbocycles. The van der Waals surface area contributed by atoms with Crippen molar-refractivity contribution in [3.05, 3.63) is 0 Å². The molecule has 13 nitrogen and oxygen atoms in total. The molecule has 0 heterocycles. The lowest BCUT2D eigenvalue weighted by Crippen LogP contribution is -2.30. The molecule has 0 saturated carbocycles. The minimum atomic E-state index is -1.00. The van der Waals surface area contributed by atoms with Crippen LogP contribution in [0.1, 0.15) is 136 Å². The van der Waals surface area contributed by atoms with Gasteiger partial charge in [0.05, 0.1) is 19.3 Å². The van der Waals surface area contributed by atoms with Gasteiger partial charge in [0.1, 0.15) is 12.1 Å². The number of nitrogens with two attached hydrogens (primary N) is 3.